The molecule has 2 rings (SSSR count). The lowest BCUT2D eigenvalue weighted by Gasteiger charge is -2.01. The molecule has 0 saturated carbocycles. The summed E-state index contributed by atoms with van der Waals surface area (Å²) in [4.78, 5) is 14.1. The second-order valence-electron chi connectivity index (χ2n) is 3.62. The summed E-state index contributed by atoms with van der Waals surface area (Å²) in [6.07, 6.45) is -4.90. The number of benzene rings is 1. The van der Waals surface area contributed by atoms with Crippen molar-refractivity contribution in [3.05, 3.63) is 37.7 Å². The summed E-state index contributed by atoms with van der Waals surface area (Å²) in [7, 11) is 0. The summed E-state index contributed by atoms with van der Waals surface area (Å²) in [6, 6.07) is 4.86. The van der Waals surface area contributed by atoms with Crippen LogP contribution in [-0.4, -0.2) is 16.1 Å². The van der Waals surface area contributed by atoms with Crippen molar-refractivity contribution in [2.75, 3.05) is 0 Å². The fourth-order valence-electron chi connectivity index (χ4n) is 1.43. The SMILES string of the molecule is O=C(O)c1oc(-c2cc(I)ccc2Br)nc1C(F)(F)F. The minimum Gasteiger partial charge on any atom is -0.475 e. The Morgan fingerprint density at radius 3 is 2.55 bits per heavy atom. The van der Waals surface area contributed by atoms with Crippen molar-refractivity contribution in [3.63, 3.8) is 0 Å². The lowest BCUT2D eigenvalue weighted by molar-refractivity contribution is -0.141. The Kier molecular flexibility index (Phi) is 4.09. The first-order valence-electron chi connectivity index (χ1n) is 4.97. The van der Waals surface area contributed by atoms with E-state index in [4.69, 9.17) is 9.52 Å². The third-order valence-corrected chi connectivity index (χ3v) is 3.61. The van der Waals surface area contributed by atoms with Crippen LogP contribution in [0.3, 0.4) is 0 Å². The van der Waals surface area contributed by atoms with Crippen LogP contribution in [0, 0.1) is 3.57 Å². The Morgan fingerprint density at radius 1 is 1.40 bits per heavy atom. The monoisotopic (exact) mass is 461 g/mol. The molecule has 9 heteroatoms. The van der Waals surface area contributed by atoms with E-state index in [1.54, 1.807) is 12.1 Å². The molecule has 0 bridgehead atoms. The van der Waals surface area contributed by atoms with E-state index in [-0.39, 0.29) is 5.56 Å². The average molecular weight is 462 g/mol. The molecule has 0 saturated heterocycles. The zero-order valence-corrected chi connectivity index (χ0v) is 13.1. The molecular weight excluding hydrogens is 458 g/mol. The van der Waals surface area contributed by atoms with Crippen molar-refractivity contribution in [1.82, 2.24) is 4.98 Å². The van der Waals surface area contributed by atoms with Crippen LogP contribution in [-0.2, 0) is 6.18 Å². The number of hydrogen-bond donors (Lipinski definition) is 1. The van der Waals surface area contributed by atoms with Crippen molar-refractivity contribution < 1.29 is 27.5 Å². The molecule has 106 valence electrons. The van der Waals surface area contributed by atoms with Gasteiger partial charge in [-0.3, -0.25) is 0 Å². The van der Waals surface area contributed by atoms with Crippen LogP contribution < -0.4 is 0 Å². The highest BCUT2D eigenvalue weighted by Gasteiger charge is 2.41. The molecule has 0 aliphatic carbocycles. The number of oxazole rings is 1. The van der Waals surface area contributed by atoms with Crippen LogP contribution in [0.2, 0.25) is 0 Å². The van der Waals surface area contributed by atoms with Crippen LogP contribution in [0.1, 0.15) is 16.2 Å². The number of carbonyl (C=O) groups is 1. The Morgan fingerprint density at radius 2 is 2.05 bits per heavy atom. The molecule has 1 heterocycles. The fraction of sp³-hybridized carbons (Fsp3) is 0.0909. The summed E-state index contributed by atoms with van der Waals surface area (Å²) in [5.74, 6) is -3.45. The Hall–Kier alpha value is -1.10. The molecule has 1 N–H and O–H groups in total. The van der Waals surface area contributed by atoms with Crippen molar-refractivity contribution in [3.8, 4) is 11.5 Å². The number of rotatable bonds is 2. The normalized spacial score (nSPS) is 11.7. The molecule has 0 spiro atoms. The van der Waals surface area contributed by atoms with Gasteiger partial charge in [-0.15, -0.1) is 0 Å². The van der Waals surface area contributed by atoms with Crippen molar-refractivity contribution in [2.45, 2.75) is 6.18 Å². The molecule has 0 radical (unpaired) electrons. The predicted molar refractivity (Wildman–Crippen MR) is 74.3 cm³/mol. The first-order chi connectivity index (χ1) is 9.20. The number of hydrogen-bond acceptors (Lipinski definition) is 3. The van der Waals surface area contributed by atoms with Crippen molar-refractivity contribution >= 4 is 44.5 Å². The minimum absolute atomic E-state index is 0.245. The second kappa shape index (κ2) is 5.35. The summed E-state index contributed by atoms with van der Waals surface area (Å²) in [6.45, 7) is 0. The first-order valence-corrected chi connectivity index (χ1v) is 6.84. The Labute approximate surface area is 132 Å². The van der Waals surface area contributed by atoms with Gasteiger partial charge in [-0.1, -0.05) is 0 Å². The van der Waals surface area contributed by atoms with E-state index in [2.05, 4.69) is 20.9 Å². The molecule has 1 aromatic heterocycles. The van der Waals surface area contributed by atoms with Gasteiger partial charge in [0.15, 0.2) is 5.69 Å². The zero-order chi connectivity index (χ0) is 15.1. The molecule has 4 nitrogen and oxygen atoms in total. The first kappa shape index (κ1) is 15.3. The highest BCUT2D eigenvalue weighted by Crippen LogP contribution is 2.36. The molecule has 0 amide bonds. The largest absolute Gasteiger partial charge is 0.475 e. The summed E-state index contributed by atoms with van der Waals surface area (Å²) < 4.78 is 44.1. The molecular formula is C11H4BrF3INO3. The van der Waals surface area contributed by atoms with E-state index >= 15 is 0 Å². The Bertz CT molecular complexity index is 684. The van der Waals surface area contributed by atoms with Gasteiger partial charge in [-0.25, -0.2) is 9.78 Å². The van der Waals surface area contributed by atoms with Crippen LogP contribution in [0.5, 0.6) is 0 Å². The number of carboxylic acids is 1. The molecule has 20 heavy (non-hydrogen) atoms. The summed E-state index contributed by atoms with van der Waals surface area (Å²) in [5, 5.41) is 8.77. The van der Waals surface area contributed by atoms with E-state index in [0.717, 1.165) is 3.57 Å². The van der Waals surface area contributed by atoms with Gasteiger partial charge >= 0.3 is 12.1 Å². The van der Waals surface area contributed by atoms with Gasteiger partial charge in [0.2, 0.25) is 11.7 Å². The van der Waals surface area contributed by atoms with E-state index in [9.17, 15) is 18.0 Å². The van der Waals surface area contributed by atoms with Crippen molar-refractivity contribution in [1.29, 1.82) is 0 Å². The fourth-order valence-corrected chi connectivity index (χ4v) is 2.34. The van der Waals surface area contributed by atoms with Crippen LogP contribution in [0.15, 0.2) is 27.1 Å². The van der Waals surface area contributed by atoms with Gasteiger partial charge < -0.3 is 9.52 Å². The van der Waals surface area contributed by atoms with Gasteiger partial charge in [-0.05, 0) is 56.7 Å². The van der Waals surface area contributed by atoms with Crippen LogP contribution >= 0.6 is 38.5 Å². The van der Waals surface area contributed by atoms with Crippen molar-refractivity contribution in [2.24, 2.45) is 0 Å². The maximum atomic E-state index is 12.7. The number of nitrogens with zero attached hydrogens (tertiary/aromatic N) is 1. The molecule has 1 aromatic carbocycles. The summed E-state index contributed by atoms with van der Waals surface area (Å²) >= 11 is 5.12. The summed E-state index contributed by atoms with van der Waals surface area (Å²) in [5.41, 5.74) is -1.30. The van der Waals surface area contributed by atoms with Gasteiger partial charge in [0.1, 0.15) is 0 Å². The molecule has 0 fully saturated rings. The van der Waals surface area contributed by atoms with E-state index in [0.29, 0.717) is 4.47 Å². The highest BCUT2D eigenvalue weighted by molar-refractivity contribution is 14.1. The quantitative estimate of drug-likeness (QED) is 0.672. The molecule has 2 aromatic rings. The van der Waals surface area contributed by atoms with Gasteiger partial charge in [0, 0.05) is 8.04 Å². The second-order valence-corrected chi connectivity index (χ2v) is 5.72. The third-order valence-electron chi connectivity index (χ3n) is 2.25. The Balaban J connectivity index is 2.65. The topological polar surface area (TPSA) is 63.3 Å². The number of aromatic nitrogens is 1. The van der Waals surface area contributed by atoms with E-state index in [1.807, 2.05) is 22.6 Å². The van der Waals surface area contributed by atoms with Crippen LogP contribution in [0.25, 0.3) is 11.5 Å². The number of aromatic carboxylic acids is 1. The lowest BCUT2D eigenvalue weighted by atomic mass is 10.2. The zero-order valence-electron chi connectivity index (χ0n) is 9.33. The highest BCUT2D eigenvalue weighted by atomic mass is 127. The molecule has 0 aliphatic rings. The predicted octanol–water partition coefficient (Wildman–Crippen LogP) is 4.43. The van der Waals surface area contributed by atoms with E-state index < -0.39 is 29.5 Å². The molecule has 0 unspecified atom stereocenters. The number of carboxylic acid groups (broad SMARTS) is 1. The standard InChI is InChI=1S/C11H4BrF3INO3/c12-6-2-1-4(16)3-5(6)9-17-8(11(13,14)15)7(20-9)10(18)19/h1-3H,(H,18,19). The maximum Gasteiger partial charge on any atom is 0.437 e. The van der Waals surface area contributed by atoms with Crippen LogP contribution in [0.4, 0.5) is 13.2 Å². The lowest BCUT2D eigenvalue weighted by Crippen LogP contribution is -2.11. The smallest absolute Gasteiger partial charge is 0.437 e. The molecule has 0 atom stereocenters. The number of alkyl halides is 3. The van der Waals surface area contributed by atoms with Gasteiger partial charge in [-0.2, -0.15) is 13.2 Å². The number of halogens is 5. The van der Waals surface area contributed by atoms with Gasteiger partial charge in [0.25, 0.3) is 0 Å². The maximum absolute atomic E-state index is 12.7. The minimum atomic E-state index is -4.90. The molecule has 0 aliphatic heterocycles. The third kappa shape index (κ3) is 2.97. The van der Waals surface area contributed by atoms with Gasteiger partial charge in [0.05, 0.1) is 5.56 Å². The average Bonchev–Trinajstić information content (AvgIpc) is 2.77. The van der Waals surface area contributed by atoms with E-state index in [1.165, 1.54) is 6.07 Å².